The van der Waals surface area contributed by atoms with Gasteiger partial charge in [-0.1, -0.05) is 13.3 Å². The van der Waals surface area contributed by atoms with Gasteiger partial charge < -0.3 is 15.3 Å². The number of piperazine rings is 1. The molecule has 2 aliphatic rings. The predicted octanol–water partition coefficient (Wildman–Crippen LogP) is 1.37. The molecule has 21 heavy (non-hydrogen) atoms. The van der Waals surface area contributed by atoms with Crippen molar-refractivity contribution in [3.05, 3.63) is 0 Å². The summed E-state index contributed by atoms with van der Waals surface area (Å²) in [4.78, 5) is 26.8. The third-order valence-corrected chi connectivity index (χ3v) is 4.86. The Labute approximate surface area is 126 Å². The zero-order valence-corrected chi connectivity index (χ0v) is 13.1. The summed E-state index contributed by atoms with van der Waals surface area (Å²) < 4.78 is 0. The lowest BCUT2D eigenvalue weighted by Crippen LogP contribution is -2.55. The van der Waals surface area contributed by atoms with Crippen LogP contribution in [-0.2, 0) is 4.79 Å². The van der Waals surface area contributed by atoms with Crippen molar-refractivity contribution >= 4 is 12.0 Å². The summed E-state index contributed by atoms with van der Waals surface area (Å²) in [6.07, 6.45) is 4.81. The van der Waals surface area contributed by atoms with Crippen LogP contribution in [0.2, 0.25) is 0 Å². The molecule has 2 amide bonds. The number of nitrogens with one attached hydrogen (secondary N) is 1. The molecule has 6 nitrogen and oxygen atoms in total. The van der Waals surface area contributed by atoms with E-state index in [1.807, 2.05) is 4.90 Å². The first-order chi connectivity index (χ1) is 9.97. The van der Waals surface area contributed by atoms with E-state index < -0.39 is 12.0 Å². The van der Waals surface area contributed by atoms with Crippen molar-refractivity contribution in [2.24, 2.45) is 5.41 Å². The van der Waals surface area contributed by atoms with Gasteiger partial charge in [0.25, 0.3) is 0 Å². The number of carbonyl (C=O) groups is 2. The normalized spacial score (nSPS) is 22.7. The quantitative estimate of drug-likeness (QED) is 0.776. The molecule has 1 heterocycles. The molecule has 0 aromatic carbocycles. The molecule has 0 aromatic rings. The molecule has 2 rings (SSSR count). The maximum atomic E-state index is 12.2. The fourth-order valence-electron chi connectivity index (χ4n) is 3.07. The lowest BCUT2D eigenvalue weighted by molar-refractivity contribution is -0.143. The van der Waals surface area contributed by atoms with E-state index in [1.54, 1.807) is 11.8 Å². The van der Waals surface area contributed by atoms with Crippen molar-refractivity contribution in [1.82, 2.24) is 15.1 Å². The number of urea groups is 1. The van der Waals surface area contributed by atoms with E-state index >= 15 is 0 Å². The maximum Gasteiger partial charge on any atom is 0.320 e. The molecule has 1 unspecified atom stereocenters. The Morgan fingerprint density at radius 1 is 1.24 bits per heavy atom. The van der Waals surface area contributed by atoms with Crippen LogP contribution in [0.3, 0.4) is 0 Å². The van der Waals surface area contributed by atoms with Crippen LogP contribution in [0, 0.1) is 5.41 Å². The van der Waals surface area contributed by atoms with Gasteiger partial charge in [-0.15, -0.1) is 0 Å². The van der Waals surface area contributed by atoms with Crippen molar-refractivity contribution < 1.29 is 14.7 Å². The van der Waals surface area contributed by atoms with Gasteiger partial charge in [-0.05, 0) is 31.6 Å². The summed E-state index contributed by atoms with van der Waals surface area (Å²) in [5.41, 5.74) is 0.365. The Bertz CT molecular complexity index is 388. The summed E-state index contributed by atoms with van der Waals surface area (Å²) >= 11 is 0. The van der Waals surface area contributed by atoms with E-state index in [-0.39, 0.29) is 6.03 Å². The van der Waals surface area contributed by atoms with Crippen LogP contribution in [-0.4, -0.2) is 65.7 Å². The van der Waals surface area contributed by atoms with Gasteiger partial charge >= 0.3 is 12.0 Å². The predicted molar refractivity (Wildman–Crippen MR) is 80.2 cm³/mol. The van der Waals surface area contributed by atoms with Crippen molar-refractivity contribution in [3.8, 4) is 0 Å². The molecule has 1 saturated carbocycles. The molecule has 1 atom stereocenters. The van der Waals surface area contributed by atoms with E-state index in [0.29, 0.717) is 31.6 Å². The molecule has 6 heteroatoms. The SMILES string of the molecule is CCCC1(CNC(=O)N2CCN(C(C)C(=O)O)CC2)CC1. The molecule has 120 valence electrons. The van der Waals surface area contributed by atoms with Crippen LogP contribution in [0.25, 0.3) is 0 Å². The van der Waals surface area contributed by atoms with Crippen LogP contribution in [0.5, 0.6) is 0 Å². The molecule has 0 spiro atoms. The fourth-order valence-corrected chi connectivity index (χ4v) is 3.07. The number of aliphatic carboxylic acids is 1. The highest BCUT2D eigenvalue weighted by molar-refractivity contribution is 5.75. The van der Waals surface area contributed by atoms with Crippen molar-refractivity contribution in [2.45, 2.75) is 45.6 Å². The largest absolute Gasteiger partial charge is 0.480 e. The molecule has 0 radical (unpaired) electrons. The van der Waals surface area contributed by atoms with Gasteiger partial charge in [-0.25, -0.2) is 4.79 Å². The smallest absolute Gasteiger partial charge is 0.320 e. The molecule has 2 fully saturated rings. The molecule has 0 bridgehead atoms. The minimum Gasteiger partial charge on any atom is -0.480 e. The first-order valence-corrected chi connectivity index (χ1v) is 7.97. The van der Waals surface area contributed by atoms with Gasteiger partial charge in [-0.3, -0.25) is 9.69 Å². The van der Waals surface area contributed by atoms with Crippen molar-refractivity contribution in [1.29, 1.82) is 0 Å². The number of nitrogens with zero attached hydrogens (tertiary/aromatic N) is 2. The molecule has 2 N–H and O–H groups in total. The molecular formula is C15H27N3O3. The van der Waals surface area contributed by atoms with Gasteiger partial charge in [-0.2, -0.15) is 0 Å². The first kappa shape index (κ1) is 16.1. The number of carbonyl (C=O) groups excluding carboxylic acids is 1. The summed E-state index contributed by atoms with van der Waals surface area (Å²) in [5, 5.41) is 12.1. The van der Waals surface area contributed by atoms with Gasteiger partial charge in [0.05, 0.1) is 0 Å². The summed E-state index contributed by atoms with van der Waals surface area (Å²) in [6.45, 7) is 7.12. The summed E-state index contributed by atoms with van der Waals surface area (Å²) in [5.74, 6) is -0.803. The molecule has 1 aliphatic heterocycles. The minimum absolute atomic E-state index is 0.00000567. The second-order valence-corrected chi connectivity index (χ2v) is 6.45. The zero-order valence-electron chi connectivity index (χ0n) is 13.1. The monoisotopic (exact) mass is 297 g/mol. The topological polar surface area (TPSA) is 72.9 Å². The highest BCUT2D eigenvalue weighted by Gasteiger charge is 2.41. The molecule has 1 aliphatic carbocycles. The number of carboxylic acids is 1. The van der Waals surface area contributed by atoms with Gasteiger partial charge in [0.1, 0.15) is 6.04 Å². The number of hydrogen-bond acceptors (Lipinski definition) is 3. The minimum atomic E-state index is -0.803. The van der Waals surface area contributed by atoms with E-state index in [4.69, 9.17) is 5.11 Å². The van der Waals surface area contributed by atoms with Crippen LogP contribution in [0.4, 0.5) is 4.79 Å². The number of carboxylic acid groups (broad SMARTS) is 1. The molecular weight excluding hydrogens is 270 g/mol. The van der Waals surface area contributed by atoms with Gasteiger partial charge in [0, 0.05) is 32.7 Å². The highest BCUT2D eigenvalue weighted by atomic mass is 16.4. The number of rotatable bonds is 6. The van der Waals surface area contributed by atoms with E-state index in [0.717, 1.165) is 6.54 Å². The third kappa shape index (κ3) is 4.09. The van der Waals surface area contributed by atoms with Crippen LogP contribution in [0.1, 0.15) is 39.5 Å². The first-order valence-electron chi connectivity index (χ1n) is 7.97. The Morgan fingerprint density at radius 3 is 2.33 bits per heavy atom. The van der Waals surface area contributed by atoms with Crippen LogP contribution >= 0.6 is 0 Å². The molecule has 0 aromatic heterocycles. The van der Waals surface area contributed by atoms with Gasteiger partial charge in [0.2, 0.25) is 0 Å². The Hall–Kier alpha value is -1.30. The third-order valence-electron chi connectivity index (χ3n) is 4.86. The van der Waals surface area contributed by atoms with Crippen molar-refractivity contribution in [3.63, 3.8) is 0 Å². The van der Waals surface area contributed by atoms with E-state index in [9.17, 15) is 9.59 Å². The molecule has 1 saturated heterocycles. The number of amides is 2. The van der Waals surface area contributed by atoms with E-state index in [2.05, 4.69) is 12.2 Å². The average molecular weight is 297 g/mol. The maximum absolute atomic E-state index is 12.2. The second-order valence-electron chi connectivity index (χ2n) is 6.45. The Kier molecular flexibility index (Phi) is 5.08. The highest BCUT2D eigenvalue weighted by Crippen LogP contribution is 2.48. The average Bonchev–Trinajstić information content (AvgIpc) is 3.24. The van der Waals surface area contributed by atoms with Crippen LogP contribution in [0.15, 0.2) is 0 Å². The second kappa shape index (κ2) is 6.64. The number of hydrogen-bond donors (Lipinski definition) is 2. The van der Waals surface area contributed by atoms with Crippen molar-refractivity contribution in [2.75, 3.05) is 32.7 Å². The lowest BCUT2D eigenvalue weighted by Gasteiger charge is -2.36. The summed E-state index contributed by atoms with van der Waals surface area (Å²) in [7, 11) is 0. The Morgan fingerprint density at radius 2 is 1.86 bits per heavy atom. The van der Waals surface area contributed by atoms with Gasteiger partial charge in [0.15, 0.2) is 0 Å². The lowest BCUT2D eigenvalue weighted by atomic mass is 10.0. The summed E-state index contributed by atoms with van der Waals surface area (Å²) in [6, 6.07) is -0.477. The fraction of sp³-hybridized carbons (Fsp3) is 0.867. The van der Waals surface area contributed by atoms with Crippen LogP contribution < -0.4 is 5.32 Å². The standard InChI is InChI=1S/C15H27N3O3/c1-3-4-15(5-6-15)11-16-14(21)18-9-7-17(8-10-18)12(2)13(19)20/h12H,3-11H2,1-2H3,(H,16,21)(H,19,20). The van der Waals surface area contributed by atoms with E-state index in [1.165, 1.54) is 25.7 Å². The Balaban J connectivity index is 1.72. The zero-order chi connectivity index (χ0) is 15.5.